The predicted octanol–water partition coefficient (Wildman–Crippen LogP) is 3.76. The summed E-state index contributed by atoms with van der Waals surface area (Å²) in [5.74, 6) is 0.0357. The highest BCUT2D eigenvalue weighted by Gasteiger charge is 2.21. The molecule has 5 heteroatoms. The van der Waals surface area contributed by atoms with E-state index in [1.54, 1.807) is 12.3 Å². The second kappa shape index (κ2) is 5.03. The molecule has 0 saturated carbocycles. The van der Waals surface area contributed by atoms with Gasteiger partial charge in [-0.15, -0.1) is 0 Å². The minimum atomic E-state index is 0.0357. The SMILES string of the molecule is Oc1ccc(-c2nc3ccc4[nH]ncc4c3c3c2CCCC3)cn1. The number of rotatable bonds is 1. The van der Waals surface area contributed by atoms with Gasteiger partial charge in [-0.25, -0.2) is 9.97 Å². The number of aromatic amines is 1. The zero-order valence-electron chi connectivity index (χ0n) is 13.1. The van der Waals surface area contributed by atoms with Crippen molar-refractivity contribution in [2.45, 2.75) is 25.7 Å². The van der Waals surface area contributed by atoms with E-state index in [1.807, 2.05) is 18.3 Å². The average Bonchev–Trinajstić information content (AvgIpc) is 3.10. The van der Waals surface area contributed by atoms with E-state index in [0.717, 1.165) is 40.5 Å². The maximum Gasteiger partial charge on any atom is 0.210 e. The van der Waals surface area contributed by atoms with Gasteiger partial charge in [0.2, 0.25) is 5.88 Å². The first-order valence-corrected chi connectivity index (χ1v) is 8.24. The topological polar surface area (TPSA) is 74.7 Å². The molecule has 2 N–H and O–H groups in total. The molecule has 0 atom stereocenters. The standard InChI is InChI=1S/C19H16N4O/c24-17-8-5-11(9-20-17)19-13-4-2-1-3-12(13)18-14-10-21-23-15(14)6-7-16(18)22-19/h5-10H,1-4H2,(H,20,24)(H,21,23). The molecule has 1 aliphatic carbocycles. The zero-order valence-corrected chi connectivity index (χ0v) is 13.1. The Kier molecular flexibility index (Phi) is 2.82. The summed E-state index contributed by atoms with van der Waals surface area (Å²) < 4.78 is 0. The molecule has 1 aliphatic rings. The highest BCUT2D eigenvalue weighted by molar-refractivity contribution is 6.07. The summed E-state index contributed by atoms with van der Waals surface area (Å²) in [6.45, 7) is 0. The van der Waals surface area contributed by atoms with Crippen molar-refractivity contribution in [2.75, 3.05) is 0 Å². The van der Waals surface area contributed by atoms with Gasteiger partial charge >= 0.3 is 0 Å². The number of H-pyrrole nitrogens is 1. The van der Waals surface area contributed by atoms with Crippen LogP contribution in [0.5, 0.6) is 5.88 Å². The highest BCUT2D eigenvalue weighted by Crippen LogP contribution is 2.37. The smallest absolute Gasteiger partial charge is 0.210 e. The van der Waals surface area contributed by atoms with Gasteiger partial charge in [0.15, 0.2) is 0 Å². The van der Waals surface area contributed by atoms with Crippen LogP contribution in [0.2, 0.25) is 0 Å². The molecular weight excluding hydrogens is 300 g/mol. The molecule has 4 aromatic rings. The summed E-state index contributed by atoms with van der Waals surface area (Å²) in [5, 5.41) is 19.1. The zero-order chi connectivity index (χ0) is 16.1. The van der Waals surface area contributed by atoms with Crippen LogP contribution < -0.4 is 0 Å². The lowest BCUT2D eigenvalue weighted by molar-refractivity contribution is 0.453. The molecule has 118 valence electrons. The molecule has 5 nitrogen and oxygen atoms in total. The van der Waals surface area contributed by atoms with E-state index in [2.05, 4.69) is 21.2 Å². The van der Waals surface area contributed by atoms with Crippen LogP contribution >= 0.6 is 0 Å². The number of aromatic hydroxyl groups is 1. The Morgan fingerprint density at radius 3 is 2.67 bits per heavy atom. The Balaban J connectivity index is 1.88. The Morgan fingerprint density at radius 2 is 1.83 bits per heavy atom. The fraction of sp³-hybridized carbons (Fsp3) is 0.211. The van der Waals surface area contributed by atoms with Gasteiger partial charge in [0, 0.05) is 28.6 Å². The highest BCUT2D eigenvalue weighted by atomic mass is 16.3. The van der Waals surface area contributed by atoms with E-state index in [1.165, 1.54) is 29.4 Å². The van der Waals surface area contributed by atoms with Gasteiger partial charge < -0.3 is 5.11 Å². The van der Waals surface area contributed by atoms with Gasteiger partial charge in [-0.3, -0.25) is 5.10 Å². The molecule has 0 aliphatic heterocycles. The maximum atomic E-state index is 9.47. The van der Waals surface area contributed by atoms with Gasteiger partial charge in [0.1, 0.15) is 0 Å². The maximum absolute atomic E-state index is 9.47. The molecule has 0 amide bonds. The van der Waals surface area contributed by atoms with Gasteiger partial charge in [-0.1, -0.05) is 0 Å². The Labute approximate surface area is 138 Å². The molecule has 0 spiro atoms. The fourth-order valence-electron chi connectivity index (χ4n) is 3.81. The third kappa shape index (κ3) is 1.91. The number of benzene rings is 1. The van der Waals surface area contributed by atoms with Gasteiger partial charge in [-0.05, 0) is 55.0 Å². The van der Waals surface area contributed by atoms with Crippen LogP contribution in [0, 0.1) is 0 Å². The average molecular weight is 316 g/mol. The van der Waals surface area contributed by atoms with E-state index < -0.39 is 0 Å². The lowest BCUT2D eigenvalue weighted by Gasteiger charge is -2.21. The van der Waals surface area contributed by atoms with Gasteiger partial charge in [0.05, 0.1) is 22.9 Å². The van der Waals surface area contributed by atoms with E-state index >= 15 is 0 Å². The molecule has 3 aromatic heterocycles. The second-order valence-electron chi connectivity index (χ2n) is 6.32. The molecule has 0 radical (unpaired) electrons. The van der Waals surface area contributed by atoms with Crippen molar-refractivity contribution < 1.29 is 5.11 Å². The Morgan fingerprint density at radius 1 is 0.958 bits per heavy atom. The van der Waals surface area contributed by atoms with Crippen molar-refractivity contribution >= 4 is 21.8 Å². The third-order valence-corrected chi connectivity index (χ3v) is 4.91. The monoisotopic (exact) mass is 316 g/mol. The summed E-state index contributed by atoms with van der Waals surface area (Å²) >= 11 is 0. The lowest BCUT2D eigenvalue weighted by Crippen LogP contribution is -2.08. The molecule has 0 fully saturated rings. The minimum Gasteiger partial charge on any atom is -0.493 e. The summed E-state index contributed by atoms with van der Waals surface area (Å²) in [6.07, 6.45) is 8.08. The number of hydrogen-bond donors (Lipinski definition) is 2. The minimum absolute atomic E-state index is 0.0357. The van der Waals surface area contributed by atoms with Crippen LogP contribution in [-0.4, -0.2) is 25.3 Å². The second-order valence-corrected chi connectivity index (χ2v) is 6.32. The van der Waals surface area contributed by atoms with Crippen LogP contribution in [-0.2, 0) is 12.8 Å². The number of pyridine rings is 2. The normalized spacial score (nSPS) is 14.2. The third-order valence-electron chi connectivity index (χ3n) is 4.91. The Hall–Kier alpha value is -2.95. The van der Waals surface area contributed by atoms with Gasteiger partial charge in [-0.2, -0.15) is 5.10 Å². The molecule has 1 aromatic carbocycles. The van der Waals surface area contributed by atoms with Crippen molar-refractivity contribution in [2.24, 2.45) is 0 Å². The molecule has 0 bridgehead atoms. The molecular formula is C19H16N4O. The van der Waals surface area contributed by atoms with E-state index in [0.29, 0.717) is 0 Å². The van der Waals surface area contributed by atoms with Crippen molar-refractivity contribution in [1.82, 2.24) is 20.2 Å². The first kappa shape index (κ1) is 13.5. The van der Waals surface area contributed by atoms with Crippen LogP contribution in [0.15, 0.2) is 36.7 Å². The van der Waals surface area contributed by atoms with Crippen molar-refractivity contribution in [1.29, 1.82) is 0 Å². The molecule has 0 saturated heterocycles. The van der Waals surface area contributed by atoms with E-state index in [-0.39, 0.29) is 5.88 Å². The quantitative estimate of drug-likeness (QED) is 0.561. The van der Waals surface area contributed by atoms with Crippen molar-refractivity contribution in [3.05, 3.63) is 47.8 Å². The number of nitrogens with zero attached hydrogens (tertiary/aromatic N) is 3. The molecule has 3 heterocycles. The molecule has 0 unspecified atom stereocenters. The van der Waals surface area contributed by atoms with E-state index in [4.69, 9.17) is 4.98 Å². The fourth-order valence-corrected chi connectivity index (χ4v) is 3.81. The van der Waals surface area contributed by atoms with Crippen molar-refractivity contribution in [3.63, 3.8) is 0 Å². The lowest BCUT2D eigenvalue weighted by atomic mass is 9.86. The summed E-state index contributed by atoms with van der Waals surface area (Å²) in [5.41, 5.74) is 6.70. The molecule has 24 heavy (non-hydrogen) atoms. The van der Waals surface area contributed by atoms with Gasteiger partial charge in [0.25, 0.3) is 0 Å². The number of fused-ring (bicyclic) bond motifs is 5. The van der Waals surface area contributed by atoms with Crippen LogP contribution in [0.1, 0.15) is 24.0 Å². The van der Waals surface area contributed by atoms with Crippen molar-refractivity contribution in [3.8, 4) is 17.1 Å². The first-order valence-electron chi connectivity index (χ1n) is 8.24. The van der Waals surface area contributed by atoms with E-state index in [9.17, 15) is 5.11 Å². The number of nitrogens with one attached hydrogen (secondary N) is 1. The number of aryl methyl sites for hydroxylation is 1. The van der Waals surface area contributed by atoms with Crippen LogP contribution in [0.4, 0.5) is 0 Å². The number of hydrogen-bond acceptors (Lipinski definition) is 4. The van der Waals surface area contributed by atoms with Crippen LogP contribution in [0.25, 0.3) is 33.1 Å². The summed E-state index contributed by atoms with van der Waals surface area (Å²) in [4.78, 5) is 8.98. The Bertz CT molecular complexity index is 1070. The summed E-state index contributed by atoms with van der Waals surface area (Å²) in [7, 11) is 0. The molecule has 5 rings (SSSR count). The summed E-state index contributed by atoms with van der Waals surface area (Å²) in [6, 6.07) is 7.60. The first-order chi connectivity index (χ1) is 11.8. The number of aromatic nitrogens is 4. The van der Waals surface area contributed by atoms with Crippen LogP contribution in [0.3, 0.4) is 0 Å². The predicted molar refractivity (Wildman–Crippen MR) is 92.9 cm³/mol. The largest absolute Gasteiger partial charge is 0.493 e.